The van der Waals surface area contributed by atoms with Gasteiger partial charge in [-0.3, -0.25) is 29.4 Å². The van der Waals surface area contributed by atoms with Gasteiger partial charge in [-0.2, -0.15) is 0 Å². The zero-order chi connectivity index (χ0) is 40.8. The number of nitrogens with two attached hydrogens (primary N) is 1. The van der Waals surface area contributed by atoms with E-state index in [2.05, 4.69) is 53.4 Å². The van der Waals surface area contributed by atoms with Gasteiger partial charge in [0.05, 0.1) is 12.2 Å². The molecule has 17 heteroatoms. The highest BCUT2D eigenvalue weighted by atomic mass is 16.2. The minimum Gasteiger partial charge on any atom is -0.371 e. The van der Waals surface area contributed by atoms with Gasteiger partial charge in [-0.05, 0) is 79.6 Å². The van der Waals surface area contributed by atoms with Gasteiger partial charge in [0.2, 0.25) is 11.8 Å². The maximum Gasteiger partial charge on any atom is 0.320 e. The first-order valence-electron chi connectivity index (χ1n) is 20.9. The first kappa shape index (κ1) is 38.5. The molecule has 59 heavy (non-hydrogen) atoms. The molecule has 6 aliphatic rings. The summed E-state index contributed by atoms with van der Waals surface area (Å²) in [5.74, 6) is 0.0225. The lowest BCUT2D eigenvalue weighted by Gasteiger charge is -2.37. The average molecular weight is 805 g/mol. The molecule has 3 aromatic rings. The SMILES string of the molecule is CN1CCN([C@@H]2CCCN(c3cnc(C(N)=O)c(Nc4ccc(N5CCN(C[C@H]6CCN(c7ccc8c(c7)CN(C7CCC(=O)NC7=O)C8=O)C6)CC5)cc4)n3)C2)C1=O. The lowest BCUT2D eigenvalue weighted by molar-refractivity contribution is -0.136. The molecule has 0 aliphatic carbocycles. The molecule has 5 fully saturated rings. The fourth-order valence-electron chi connectivity index (χ4n) is 9.64. The Hall–Kier alpha value is -5.97. The molecule has 310 valence electrons. The number of carbonyl (C=O) groups is 5. The second-order valence-electron chi connectivity index (χ2n) is 16.7. The van der Waals surface area contributed by atoms with Gasteiger partial charge in [0.15, 0.2) is 11.5 Å². The smallest absolute Gasteiger partial charge is 0.320 e. The largest absolute Gasteiger partial charge is 0.371 e. The third-order valence-corrected chi connectivity index (χ3v) is 12.9. The van der Waals surface area contributed by atoms with Crippen LogP contribution in [-0.2, 0) is 16.1 Å². The van der Waals surface area contributed by atoms with Crippen molar-refractivity contribution in [3.05, 3.63) is 65.5 Å². The summed E-state index contributed by atoms with van der Waals surface area (Å²) in [5, 5.41) is 5.67. The molecule has 4 N–H and O–H groups in total. The van der Waals surface area contributed by atoms with Gasteiger partial charge >= 0.3 is 6.03 Å². The zero-order valence-corrected chi connectivity index (χ0v) is 33.5. The predicted molar refractivity (Wildman–Crippen MR) is 222 cm³/mol. The Morgan fingerprint density at radius 2 is 1.64 bits per heavy atom. The molecule has 3 atom stereocenters. The van der Waals surface area contributed by atoms with Gasteiger partial charge < -0.3 is 40.4 Å². The molecule has 2 aromatic carbocycles. The molecule has 6 aliphatic heterocycles. The Kier molecular flexibility index (Phi) is 10.5. The van der Waals surface area contributed by atoms with E-state index >= 15 is 0 Å². The number of fused-ring (bicyclic) bond motifs is 1. The number of urea groups is 1. The van der Waals surface area contributed by atoms with E-state index in [9.17, 15) is 24.0 Å². The van der Waals surface area contributed by atoms with E-state index in [4.69, 9.17) is 10.7 Å². The third kappa shape index (κ3) is 7.82. The molecule has 0 bridgehead atoms. The van der Waals surface area contributed by atoms with Gasteiger partial charge in [0.25, 0.3) is 11.8 Å². The quantitative estimate of drug-likeness (QED) is 0.254. The zero-order valence-electron chi connectivity index (χ0n) is 33.5. The van der Waals surface area contributed by atoms with Gasteiger partial charge in [-0.1, -0.05) is 0 Å². The summed E-state index contributed by atoms with van der Waals surface area (Å²) < 4.78 is 0. The number of hydrogen-bond donors (Lipinski definition) is 3. The summed E-state index contributed by atoms with van der Waals surface area (Å²) in [6, 6.07) is 13.7. The fourth-order valence-corrected chi connectivity index (χ4v) is 9.64. The number of benzene rings is 2. The van der Waals surface area contributed by atoms with E-state index in [1.165, 1.54) is 0 Å². The van der Waals surface area contributed by atoms with Gasteiger partial charge in [0, 0.05) is 115 Å². The summed E-state index contributed by atoms with van der Waals surface area (Å²) >= 11 is 0. The number of anilines is 5. The molecule has 5 saturated heterocycles. The normalized spacial score (nSPS) is 24.0. The number of amides is 6. The second-order valence-corrected chi connectivity index (χ2v) is 16.7. The number of hydrogen-bond acceptors (Lipinski definition) is 12. The molecular formula is C42H52N12O5. The predicted octanol–water partition coefficient (Wildman–Crippen LogP) is 2.06. The lowest BCUT2D eigenvalue weighted by atomic mass is 10.0. The minimum absolute atomic E-state index is 0.0643. The van der Waals surface area contributed by atoms with E-state index in [0.29, 0.717) is 42.6 Å². The van der Waals surface area contributed by atoms with Gasteiger partial charge in [0.1, 0.15) is 11.9 Å². The summed E-state index contributed by atoms with van der Waals surface area (Å²) in [4.78, 5) is 86.4. The number of nitrogens with one attached hydrogen (secondary N) is 2. The van der Waals surface area contributed by atoms with Crippen molar-refractivity contribution in [2.75, 3.05) is 99.1 Å². The number of piperazine rings is 1. The average Bonchev–Trinajstić information content (AvgIpc) is 3.94. The van der Waals surface area contributed by atoms with E-state index < -0.39 is 11.9 Å². The van der Waals surface area contributed by atoms with Crippen LogP contribution >= 0.6 is 0 Å². The number of imide groups is 1. The number of aromatic nitrogens is 2. The maximum atomic E-state index is 13.2. The number of carbonyl (C=O) groups excluding carboxylic acids is 5. The van der Waals surface area contributed by atoms with Crippen molar-refractivity contribution in [1.29, 1.82) is 0 Å². The molecule has 0 spiro atoms. The molecule has 0 saturated carbocycles. The van der Waals surface area contributed by atoms with Crippen molar-refractivity contribution >= 4 is 58.4 Å². The van der Waals surface area contributed by atoms with E-state index in [1.54, 1.807) is 16.0 Å². The third-order valence-electron chi connectivity index (χ3n) is 12.9. The summed E-state index contributed by atoms with van der Waals surface area (Å²) in [6.45, 7) is 10.0. The molecule has 1 unspecified atom stereocenters. The van der Waals surface area contributed by atoms with Crippen molar-refractivity contribution in [3.8, 4) is 0 Å². The van der Waals surface area contributed by atoms with E-state index in [0.717, 1.165) is 107 Å². The molecule has 1 aromatic heterocycles. The van der Waals surface area contributed by atoms with Crippen molar-refractivity contribution < 1.29 is 24.0 Å². The van der Waals surface area contributed by atoms with Crippen LogP contribution in [0.5, 0.6) is 0 Å². The lowest BCUT2D eigenvalue weighted by Crippen LogP contribution is -2.52. The molecule has 6 amide bonds. The number of primary amides is 1. The topological polar surface area (TPSA) is 184 Å². The minimum atomic E-state index is -0.658. The number of nitrogens with zero attached hydrogens (tertiary/aromatic N) is 9. The maximum absolute atomic E-state index is 13.2. The highest BCUT2D eigenvalue weighted by Gasteiger charge is 2.40. The van der Waals surface area contributed by atoms with Crippen molar-refractivity contribution in [2.45, 2.75) is 50.7 Å². The standard InChI is InChI=1S/C42H52N12O5/c1-48-15-20-53(42(48)59)32-3-2-13-52(26-32)35-22-44-37(38(43)56)39(46-35)45-29-4-6-30(7-5-29)50-18-16-49(17-19-50)23-27-12-14-51(24-27)31-8-9-33-28(21-31)25-54(41(33)58)34-10-11-36(55)47-40(34)57/h4-9,21-22,27,32,34H,2-3,10-20,23-26H2,1H3,(H2,43,56)(H,45,46)(H,47,55,57)/t27-,32-,34?/m1/s1. The van der Waals surface area contributed by atoms with Crippen LogP contribution in [0, 0.1) is 5.92 Å². The Bertz CT molecular complexity index is 2140. The summed E-state index contributed by atoms with van der Waals surface area (Å²) in [5.41, 5.74) is 10.4. The Morgan fingerprint density at radius 1 is 0.847 bits per heavy atom. The van der Waals surface area contributed by atoms with Crippen molar-refractivity contribution in [2.24, 2.45) is 11.7 Å². The second kappa shape index (κ2) is 16.0. The number of likely N-dealkylation sites (N-methyl/N-ethyl adjacent to an activating group) is 1. The van der Waals surface area contributed by atoms with Gasteiger partial charge in [-0.15, -0.1) is 0 Å². The summed E-state index contributed by atoms with van der Waals surface area (Å²) in [6.07, 6.45) is 5.17. The van der Waals surface area contributed by atoms with Crippen LogP contribution in [0.1, 0.15) is 58.5 Å². The van der Waals surface area contributed by atoms with Crippen LogP contribution in [0.15, 0.2) is 48.7 Å². The number of rotatable bonds is 10. The number of piperidine rings is 2. The Morgan fingerprint density at radius 3 is 2.39 bits per heavy atom. The van der Waals surface area contributed by atoms with Crippen molar-refractivity contribution in [1.82, 2.24) is 34.9 Å². The summed E-state index contributed by atoms with van der Waals surface area (Å²) in [7, 11) is 1.83. The van der Waals surface area contributed by atoms with E-state index in [-0.39, 0.29) is 41.9 Å². The molecule has 17 nitrogen and oxygen atoms in total. The van der Waals surface area contributed by atoms with Crippen molar-refractivity contribution in [3.63, 3.8) is 0 Å². The van der Waals surface area contributed by atoms with Crippen LogP contribution in [0.4, 0.5) is 33.5 Å². The molecular weight excluding hydrogens is 753 g/mol. The first-order chi connectivity index (χ1) is 28.6. The van der Waals surface area contributed by atoms with E-state index in [1.807, 2.05) is 36.2 Å². The molecule has 9 rings (SSSR count). The highest BCUT2D eigenvalue weighted by molar-refractivity contribution is 6.05. The van der Waals surface area contributed by atoms with Crippen LogP contribution in [-0.4, -0.2) is 150 Å². The van der Waals surface area contributed by atoms with Crippen LogP contribution in [0.25, 0.3) is 0 Å². The van der Waals surface area contributed by atoms with Crippen LogP contribution < -0.4 is 31.1 Å². The highest BCUT2D eigenvalue weighted by Crippen LogP contribution is 2.33. The monoisotopic (exact) mass is 804 g/mol. The fraction of sp³-hybridized carbons (Fsp3) is 0.500. The van der Waals surface area contributed by atoms with Gasteiger partial charge in [-0.25, -0.2) is 14.8 Å². The Labute approximate surface area is 343 Å². The first-order valence-corrected chi connectivity index (χ1v) is 20.9. The van der Waals surface area contributed by atoms with Crippen LogP contribution in [0.3, 0.4) is 0 Å². The van der Waals surface area contributed by atoms with Crippen LogP contribution in [0.2, 0.25) is 0 Å². The molecule has 0 radical (unpaired) electrons. The molecule has 7 heterocycles. The Balaban J connectivity index is 0.764.